The van der Waals surface area contributed by atoms with E-state index in [1.54, 1.807) is 32.0 Å². The first-order valence-corrected chi connectivity index (χ1v) is 10.2. The zero-order valence-corrected chi connectivity index (χ0v) is 14.9. The van der Waals surface area contributed by atoms with E-state index in [-0.39, 0.29) is 11.7 Å². The molecule has 5 nitrogen and oxygen atoms in total. The van der Waals surface area contributed by atoms with Gasteiger partial charge in [-0.1, -0.05) is 6.07 Å². The molecule has 0 N–H and O–H groups in total. The minimum Gasteiger partial charge on any atom is -0.403 e. The van der Waals surface area contributed by atoms with Crippen LogP contribution < -0.4 is 0 Å². The summed E-state index contributed by atoms with van der Waals surface area (Å²) in [7, 11) is -2.32. The number of esters is 1. The lowest BCUT2D eigenvalue weighted by Gasteiger charge is -2.19. The molecule has 1 aliphatic rings. The first-order valence-electron chi connectivity index (χ1n) is 6.04. The van der Waals surface area contributed by atoms with Crippen LogP contribution in [0.1, 0.15) is 29.8 Å². The van der Waals surface area contributed by atoms with E-state index in [1.165, 1.54) is 0 Å². The molecule has 0 spiro atoms. The second-order valence-corrected chi connectivity index (χ2v) is 10.6. The molecular weight excluding hydrogens is 378 g/mol. The van der Waals surface area contributed by atoms with Crippen LogP contribution in [0.4, 0.5) is 0 Å². The van der Waals surface area contributed by atoms with Crippen LogP contribution in [0.25, 0.3) is 0 Å². The van der Waals surface area contributed by atoms with Crippen LogP contribution in [0.2, 0.25) is 0 Å². The number of nitrogens with zero attached hydrogens (tertiary/aromatic N) is 1. The second-order valence-electron chi connectivity index (χ2n) is 5.25. The highest BCUT2D eigenvalue weighted by molar-refractivity contribution is 9.10. The summed E-state index contributed by atoms with van der Waals surface area (Å²) >= 11 is 3.38. The van der Waals surface area contributed by atoms with Gasteiger partial charge in [-0.15, -0.1) is 0 Å². The Morgan fingerprint density at radius 3 is 2.67 bits per heavy atom. The Bertz CT molecular complexity index is 726. The topological polar surface area (TPSA) is 72.8 Å². The van der Waals surface area contributed by atoms with Gasteiger partial charge < -0.3 is 4.74 Å². The zero-order valence-electron chi connectivity index (χ0n) is 11.7. The molecule has 1 aliphatic heterocycles. The summed E-state index contributed by atoms with van der Waals surface area (Å²) in [5.74, 6) is 0.0466. The van der Waals surface area contributed by atoms with Gasteiger partial charge in [0.05, 0.1) is 16.7 Å². The fourth-order valence-corrected chi connectivity index (χ4v) is 4.35. The Morgan fingerprint density at radius 1 is 1.38 bits per heavy atom. The molecule has 1 aromatic rings. The van der Waals surface area contributed by atoms with Crippen LogP contribution in [0, 0.1) is 0 Å². The maximum atomic E-state index is 11.8. The van der Waals surface area contributed by atoms with Crippen LogP contribution in [0.15, 0.2) is 27.7 Å². The van der Waals surface area contributed by atoms with Gasteiger partial charge in [0.15, 0.2) is 8.87 Å². The van der Waals surface area contributed by atoms with E-state index in [9.17, 15) is 13.2 Å². The highest BCUT2D eigenvalue weighted by Gasteiger charge is 2.32. The Labute approximate surface area is 135 Å². The van der Waals surface area contributed by atoms with Crippen molar-refractivity contribution in [2.45, 2.75) is 19.4 Å². The molecule has 0 fully saturated rings. The van der Waals surface area contributed by atoms with Gasteiger partial charge in [0, 0.05) is 16.5 Å². The third kappa shape index (κ3) is 4.08. The average molecular weight is 392 g/mol. The van der Waals surface area contributed by atoms with E-state index < -0.39 is 20.4 Å². The minimum absolute atomic E-state index is 0.224. The molecule has 0 saturated heterocycles. The number of rotatable bonds is 4. The monoisotopic (exact) mass is 391 g/mol. The van der Waals surface area contributed by atoms with E-state index in [2.05, 4.69) is 20.9 Å². The molecule has 2 rings (SSSR count). The van der Waals surface area contributed by atoms with Gasteiger partial charge in [0.1, 0.15) is 0 Å². The van der Waals surface area contributed by atoms with Crippen molar-refractivity contribution in [3.8, 4) is 0 Å². The van der Waals surface area contributed by atoms with Crippen molar-refractivity contribution in [3.05, 3.63) is 33.8 Å². The lowest BCUT2D eigenvalue weighted by Crippen LogP contribution is -2.24. The average Bonchev–Trinajstić information content (AvgIpc) is 2.64. The van der Waals surface area contributed by atoms with Gasteiger partial charge in [-0.2, -0.15) is 0 Å². The third-order valence-corrected chi connectivity index (χ3v) is 6.22. The van der Waals surface area contributed by atoms with Crippen LogP contribution >= 0.6 is 26.7 Å². The molecule has 8 heteroatoms. The summed E-state index contributed by atoms with van der Waals surface area (Å²) in [5, 5.41) is 0. The standard InChI is InChI=1S/C13H14BrNO4S2/c1-13(2,7-20-21(3,17)18)15-11-10-8(12(16)19-11)5-4-6-9(10)14/h4-6H,7H2,1-3H3/b15-11-. The maximum Gasteiger partial charge on any atom is 0.345 e. The van der Waals surface area contributed by atoms with Crippen molar-refractivity contribution in [3.63, 3.8) is 0 Å². The molecule has 0 saturated carbocycles. The number of carbonyl (C=O) groups is 1. The summed E-state index contributed by atoms with van der Waals surface area (Å²) in [5.41, 5.74) is 0.384. The fraction of sp³-hybridized carbons (Fsp3) is 0.385. The largest absolute Gasteiger partial charge is 0.403 e. The summed E-state index contributed by atoms with van der Waals surface area (Å²) < 4.78 is 28.4. The molecule has 114 valence electrons. The number of halogens is 1. The molecular formula is C13H14BrNO4S2. The second kappa shape index (κ2) is 5.73. The molecule has 0 aliphatic carbocycles. The van der Waals surface area contributed by atoms with E-state index in [4.69, 9.17) is 4.74 Å². The van der Waals surface area contributed by atoms with Crippen LogP contribution in [-0.4, -0.2) is 37.8 Å². The van der Waals surface area contributed by atoms with Gasteiger partial charge in [-0.3, -0.25) is 0 Å². The van der Waals surface area contributed by atoms with Crippen molar-refractivity contribution < 1.29 is 17.9 Å². The normalized spacial score (nSPS) is 17.0. The molecule has 1 aromatic carbocycles. The van der Waals surface area contributed by atoms with Crippen molar-refractivity contribution in [2.75, 3.05) is 12.0 Å². The lowest BCUT2D eigenvalue weighted by molar-refractivity contribution is 0.0736. The highest BCUT2D eigenvalue weighted by atomic mass is 79.9. The number of ether oxygens (including phenoxy) is 1. The first-order chi connectivity index (χ1) is 9.59. The highest BCUT2D eigenvalue weighted by Crippen LogP contribution is 2.30. The molecule has 0 radical (unpaired) electrons. The predicted octanol–water partition coefficient (Wildman–Crippen LogP) is 2.84. The van der Waals surface area contributed by atoms with E-state index in [0.29, 0.717) is 11.1 Å². The van der Waals surface area contributed by atoms with Crippen molar-refractivity contribution in [2.24, 2.45) is 4.99 Å². The van der Waals surface area contributed by atoms with Gasteiger partial charge in [-0.05, 0) is 52.7 Å². The quantitative estimate of drug-likeness (QED) is 0.582. The minimum atomic E-state index is -3.14. The predicted molar refractivity (Wildman–Crippen MR) is 87.5 cm³/mol. The van der Waals surface area contributed by atoms with Gasteiger partial charge in [0.25, 0.3) is 0 Å². The van der Waals surface area contributed by atoms with Crippen molar-refractivity contribution in [1.82, 2.24) is 0 Å². The third-order valence-electron chi connectivity index (χ3n) is 2.67. The van der Waals surface area contributed by atoms with Gasteiger partial charge in [0.2, 0.25) is 5.90 Å². The number of hydrogen-bond acceptors (Lipinski definition) is 6. The Kier molecular flexibility index (Phi) is 4.51. The van der Waals surface area contributed by atoms with Gasteiger partial charge >= 0.3 is 5.97 Å². The number of benzene rings is 1. The van der Waals surface area contributed by atoms with Crippen molar-refractivity contribution in [1.29, 1.82) is 0 Å². The molecule has 0 aromatic heterocycles. The van der Waals surface area contributed by atoms with E-state index >= 15 is 0 Å². The number of carbonyl (C=O) groups excluding carboxylic acids is 1. The summed E-state index contributed by atoms with van der Waals surface area (Å²) in [4.78, 5) is 16.2. The molecule has 0 bridgehead atoms. The Hall–Kier alpha value is -0.860. The molecule has 21 heavy (non-hydrogen) atoms. The number of fused-ring (bicyclic) bond motifs is 1. The summed E-state index contributed by atoms with van der Waals surface area (Å²) in [6, 6.07) is 5.22. The Morgan fingerprint density at radius 2 is 2.05 bits per heavy atom. The van der Waals surface area contributed by atoms with E-state index in [1.807, 2.05) is 0 Å². The Balaban J connectivity index is 2.34. The molecule has 0 unspecified atom stereocenters. The summed E-state index contributed by atoms with van der Waals surface area (Å²) in [6.45, 7) is 3.59. The summed E-state index contributed by atoms with van der Waals surface area (Å²) in [6.07, 6.45) is 1.16. The first kappa shape index (κ1) is 16.5. The maximum absolute atomic E-state index is 11.8. The number of hydrogen-bond donors (Lipinski definition) is 0. The SMILES string of the molecule is CC(C)(CSS(C)(=O)=O)/N=C1\OC(=O)c2cccc(Br)c21. The number of cyclic esters (lactones) is 1. The molecule has 0 atom stereocenters. The smallest absolute Gasteiger partial charge is 0.345 e. The van der Waals surface area contributed by atoms with Crippen molar-refractivity contribution >= 4 is 47.5 Å². The van der Waals surface area contributed by atoms with Crippen LogP contribution in [-0.2, 0) is 13.6 Å². The zero-order chi connectivity index (χ0) is 15.8. The van der Waals surface area contributed by atoms with Crippen LogP contribution in [0.3, 0.4) is 0 Å². The molecule has 0 amide bonds. The van der Waals surface area contributed by atoms with Crippen LogP contribution in [0.5, 0.6) is 0 Å². The van der Waals surface area contributed by atoms with Gasteiger partial charge in [-0.25, -0.2) is 18.2 Å². The lowest BCUT2D eigenvalue weighted by atomic mass is 10.1. The van der Waals surface area contributed by atoms with E-state index in [0.717, 1.165) is 21.5 Å². The number of aliphatic imine (C=N–C) groups is 1. The fourth-order valence-electron chi connectivity index (χ4n) is 1.74. The molecule has 1 heterocycles.